The first-order valence-corrected chi connectivity index (χ1v) is 8.68. The molecule has 1 fully saturated rings. The van der Waals surface area contributed by atoms with Crippen LogP contribution in [0.5, 0.6) is 5.75 Å². The van der Waals surface area contributed by atoms with Crippen molar-refractivity contribution >= 4 is 40.5 Å². The van der Waals surface area contributed by atoms with Crippen molar-refractivity contribution in [2.75, 3.05) is 43.9 Å². The number of carbonyl (C=O) groups is 1. The Hall–Kier alpha value is -2.11. The second kappa shape index (κ2) is 7.42. The Morgan fingerprint density at radius 3 is 2.32 bits per heavy atom. The fraction of sp³-hybridized carbons (Fsp3) is 0.278. The summed E-state index contributed by atoms with van der Waals surface area (Å²) in [6.07, 6.45) is 0. The van der Waals surface area contributed by atoms with Crippen LogP contribution in [0, 0.1) is 0 Å². The molecule has 7 heteroatoms. The van der Waals surface area contributed by atoms with Gasteiger partial charge in [-0.1, -0.05) is 23.2 Å². The minimum atomic E-state index is -0.102. The Bertz CT molecular complexity index is 773. The molecule has 0 unspecified atom stereocenters. The van der Waals surface area contributed by atoms with Crippen molar-refractivity contribution in [3.8, 4) is 5.75 Å². The van der Waals surface area contributed by atoms with Crippen LogP contribution in [-0.2, 0) is 0 Å². The summed E-state index contributed by atoms with van der Waals surface area (Å²) in [5.74, 6) is 0.335. The quantitative estimate of drug-likeness (QED) is 0.828. The Balaban J connectivity index is 1.71. The van der Waals surface area contributed by atoms with E-state index < -0.39 is 0 Å². The Kier molecular flexibility index (Phi) is 5.25. The van der Waals surface area contributed by atoms with Crippen LogP contribution < -0.4 is 15.4 Å². The van der Waals surface area contributed by atoms with Crippen LogP contribution in [-0.4, -0.2) is 44.1 Å². The molecule has 0 atom stereocenters. The summed E-state index contributed by atoms with van der Waals surface area (Å²) >= 11 is 12.0. The number of amides is 1. The largest absolute Gasteiger partial charge is 0.496 e. The number of nitrogens with zero attached hydrogens (tertiary/aromatic N) is 2. The first kappa shape index (κ1) is 17.7. The third-order valence-corrected chi connectivity index (χ3v) is 4.89. The number of hydrogen-bond acceptors (Lipinski definition) is 4. The van der Waals surface area contributed by atoms with Crippen molar-refractivity contribution in [2.24, 2.45) is 0 Å². The second-order valence-electron chi connectivity index (χ2n) is 5.83. The third kappa shape index (κ3) is 3.78. The van der Waals surface area contributed by atoms with Gasteiger partial charge in [-0.2, -0.15) is 0 Å². The highest BCUT2D eigenvalue weighted by Gasteiger charge is 2.25. The van der Waals surface area contributed by atoms with Gasteiger partial charge in [0, 0.05) is 43.0 Å². The van der Waals surface area contributed by atoms with E-state index in [1.165, 1.54) is 7.11 Å². The lowest BCUT2D eigenvalue weighted by Gasteiger charge is -2.36. The lowest BCUT2D eigenvalue weighted by molar-refractivity contribution is 0.0743. The number of carbonyl (C=O) groups excluding carboxylic acids is 1. The van der Waals surface area contributed by atoms with Gasteiger partial charge in [0.15, 0.2) is 0 Å². The maximum atomic E-state index is 12.8. The highest BCUT2D eigenvalue weighted by molar-refractivity contribution is 6.33. The fourth-order valence-electron chi connectivity index (χ4n) is 2.90. The lowest BCUT2D eigenvalue weighted by Crippen LogP contribution is -2.48. The monoisotopic (exact) mass is 379 g/mol. The molecule has 5 nitrogen and oxygen atoms in total. The molecule has 25 heavy (non-hydrogen) atoms. The van der Waals surface area contributed by atoms with E-state index in [9.17, 15) is 4.79 Å². The zero-order valence-electron chi connectivity index (χ0n) is 13.8. The number of piperazine rings is 1. The van der Waals surface area contributed by atoms with Gasteiger partial charge < -0.3 is 20.3 Å². The minimum absolute atomic E-state index is 0.102. The topological polar surface area (TPSA) is 58.8 Å². The number of nitrogens with two attached hydrogens (primary N) is 1. The minimum Gasteiger partial charge on any atom is -0.496 e. The molecule has 1 heterocycles. The maximum Gasteiger partial charge on any atom is 0.257 e. The van der Waals surface area contributed by atoms with Crippen LogP contribution in [0.1, 0.15) is 10.4 Å². The normalized spacial score (nSPS) is 14.5. The van der Waals surface area contributed by atoms with Crippen LogP contribution in [0.3, 0.4) is 0 Å². The second-order valence-corrected chi connectivity index (χ2v) is 6.67. The number of nitrogen functional groups attached to an aromatic ring is 1. The van der Waals surface area contributed by atoms with Gasteiger partial charge >= 0.3 is 0 Å². The first-order valence-electron chi connectivity index (χ1n) is 7.92. The van der Waals surface area contributed by atoms with Crippen LogP contribution in [0.4, 0.5) is 11.4 Å². The molecule has 0 aliphatic carbocycles. The molecule has 0 aromatic heterocycles. The van der Waals surface area contributed by atoms with Gasteiger partial charge in [0.25, 0.3) is 5.91 Å². The molecular weight excluding hydrogens is 361 g/mol. The third-order valence-electron chi connectivity index (χ3n) is 4.31. The molecule has 1 saturated heterocycles. The number of anilines is 2. The van der Waals surface area contributed by atoms with Crippen molar-refractivity contribution in [2.45, 2.75) is 0 Å². The molecule has 2 N–H and O–H groups in total. The van der Waals surface area contributed by atoms with Crippen molar-refractivity contribution in [3.05, 3.63) is 52.0 Å². The molecule has 1 amide bonds. The average molecular weight is 380 g/mol. The molecule has 2 aromatic carbocycles. The Morgan fingerprint density at radius 2 is 1.72 bits per heavy atom. The predicted octanol–water partition coefficient (Wildman–Crippen LogP) is 3.55. The summed E-state index contributed by atoms with van der Waals surface area (Å²) in [6, 6.07) is 10.9. The molecule has 1 aliphatic rings. The van der Waals surface area contributed by atoms with E-state index >= 15 is 0 Å². The summed E-state index contributed by atoms with van der Waals surface area (Å²) in [4.78, 5) is 16.9. The molecule has 0 radical (unpaired) electrons. The Labute approximate surface area is 156 Å². The number of hydrogen-bond donors (Lipinski definition) is 1. The maximum absolute atomic E-state index is 12.8. The van der Waals surface area contributed by atoms with Crippen LogP contribution in [0.2, 0.25) is 10.0 Å². The van der Waals surface area contributed by atoms with E-state index in [1.807, 2.05) is 24.3 Å². The van der Waals surface area contributed by atoms with E-state index in [-0.39, 0.29) is 5.91 Å². The average Bonchev–Trinajstić information content (AvgIpc) is 2.64. The van der Waals surface area contributed by atoms with Gasteiger partial charge in [0.2, 0.25) is 0 Å². The number of halogens is 2. The highest BCUT2D eigenvalue weighted by atomic mass is 35.5. The smallest absolute Gasteiger partial charge is 0.257 e. The number of ether oxygens (including phenoxy) is 1. The molecular formula is C18H19Cl2N3O2. The van der Waals surface area contributed by atoms with Gasteiger partial charge in [0.05, 0.1) is 23.4 Å². The Morgan fingerprint density at radius 1 is 1.08 bits per heavy atom. The van der Waals surface area contributed by atoms with E-state index in [2.05, 4.69) is 4.90 Å². The first-order chi connectivity index (χ1) is 12.0. The molecule has 0 bridgehead atoms. The molecule has 0 saturated carbocycles. The molecule has 0 spiro atoms. The van der Waals surface area contributed by atoms with Crippen LogP contribution >= 0.6 is 23.2 Å². The van der Waals surface area contributed by atoms with Gasteiger partial charge in [-0.15, -0.1) is 0 Å². The van der Waals surface area contributed by atoms with Gasteiger partial charge in [-0.3, -0.25) is 4.79 Å². The number of methoxy groups -OCH3 is 1. The summed E-state index contributed by atoms with van der Waals surface area (Å²) < 4.78 is 5.29. The lowest BCUT2D eigenvalue weighted by atomic mass is 10.1. The van der Waals surface area contributed by atoms with Gasteiger partial charge in [0.1, 0.15) is 5.75 Å². The number of benzene rings is 2. The standard InChI is InChI=1S/C18H19Cl2N3O2/c1-25-17-11-16(21)15(20)10-14(17)18(24)23-8-6-22(7-9-23)13-4-2-12(19)3-5-13/h2-5,10-11H,6-9,21H2,1H3. The van der Waals surface area contributed by atoms with E-state index in [4.69, 9.17) is 33.7 Å². The van der Waals surface area contributed by atoms with Crippen LogP contribution in [0.25, 0.3) is 0 Å². The summed E-state index contributed by atoms with van der Waals surface area (Å²) in [5, 5.41) is 1.06. The summed E-state index contributed by atoms with van der Waals surface area (Å²) in [6.45, 7) is 2.73. The van der Waals surface area contributed by atoms with Crippen molar-refractivity contribution in [3.63, 3.8) is 0 Å². The summed E-state index contributed by atoms with van der Waals surface area (Å²) in [5.41, 5.74) is 7.71. The van der Waals surface area contributed by atoms with E-state index in [0.29, 0.717) is 40.1 Å². The predicted molar refractivity (Wildman–Crippen MR) is 102 cm³/mol. The SMILES string of the molecule is COc1cc(N)c(Cl)cc1C(=O)N1CCN(c2ccc(Cl)cc2)CC1. The molecule has 132 valence electrons. The van der Waals surface area contributed by atoms with Crippen molar-refractivity contribution in [1.29, 1.82) is 0 Å². The number of rotatable bonds is 3. The van der Waals surface area contributed by atoms with Crippen molar-refractivity contribution < 1.29 is 9.53 Å². The highest BCUT2D eigenvalue weighted by Crippen LogP contribution is 2.30. The zero-order valence-corrected chi connectivity index (χ0v) is 15.3. The van der Waals surface area contributed by atoms with Crippen molar-refractivity contribution in [1.82, 2.24) is 4.90 Å². The fourth-order valence-corrected chi connectivity index (χ4v) is 3.18. The summed E-state index contributed by atoms with van der Waals surface area (Å²) in [7, 11) is 1.51. The van der Waals surface area contributed by atoms with E-state index in [1.54, 1.807) is 17.0 Å². The molecule has 2 aromatic rings. The van der Waals surface area contributed by atoms with Gasteiger partial charge in [-0.25, -0.2) is 0 Å². The van der Waals surface area contributed by atoms with Gasteiger partial charge in [-0.05, 0) is 30.3 Å². The molecule has 3 rings (SSSR count). The molecule has 1 aliphatic heterocycles. The van der Waals surface area contributed by atoms with Crippen LogP contribution in [0.15, 0.2) is 36.4 Å². The zero-order chi connectivity index (χ0) is 18.0. The van der Waals surface area contributed by atoms with E-state index in [0.717, 1.165) is 18.8 Å².